The summed E-state index contributed by atoms with van der Waals surface area (Å²) in [4.78, 5) is 25.1. The molecule has 0 bridgehead atoms. The standard InChI is InChI=1S/C19H36O4/c1-7-11-12-13-14-22-17(20)19(9-3,10-4)18(21)23-16(6)15(5)8-2/h15-16H,7-14H2,1-6H3. The minimum atomic E-state index is -1.16. The van der Waals surface area contributed by atoms with Gasteiger partial charge >= 0.3 is 11.9 Å². The molecule has 2 atom stereocenters. The second kappa shape index (κ2) is 11.5. The first-order valence-corrected chi connectivity index (χ1v) is 9.27. The Morgan fingerprint density at radius 1 is 0.913 bits per heavy atom. The van der Waals surface area contributed by atoms with E-state index in [1.165, 1.54) is 0 Å². The van der Waals surface area contributed by atoms with E-state index in [4.69, 9.17) is 9.47 Å². The van der Waals surface area contributed by atoms with Crippen molar-refractivity contribution in [1.82, 2.24) is 0 Å². The molecule has 0 radical (unpaired) electrons. The quantitative estimate of drug-likeness (QED) is 0.291. The maximum absolute atomic E-state index is 12.6. The summed E-state index contributed by atoms with van der Waals surface area (Å²) in [6, 6.07) is 0. The van der Waals surface area contributed by atoms with Gasteiger partial charge in [0.25, 0.3) is 0 Å². The molecule has 2 unspecified atom stereocenters. The lowest BCUT2D eigenvalue weighted by atomic mass is 9.82. The fourth-order valence-corrected chi connectivity index (χ4v) is 2.47. The van der Waals surface area contributed by atoms with Crippen LogP contribution in [0.4, 0.5) is 0 Å². The van der Waals surface area contributed by atoms with Gasteiger partial charge in [-0.25, -0.2) is 0 Å². The average Bonchev–Trinajstić information content (AvgIpc) is 2.55. The summed E-state index contributed by atoms with van der Waals surface area (Å²) < 4.78 is 11.0. The number of carbonyl (C=O) groups excluding carboxylic acids is 2. The summed E-state index contributed by atoms with van der Waals surface area (Å²) in [5.41, 5.74) is -1.16. The number of hydrogen-bond acceptors (Lipinski definition) is 4. The lowest BCUT2D eigenvalue weighted by Crippen LogP contribution is -2.43. The Hall–Kier alpha value is -1.06. The molecule has 0 aliphatic carbocycles. The molecule has 4 nitrogen and oxygen atoms in total. The molecular weight excluding hydrogens is 292 g/mol. The van der Waals surface area contributed by atoms with Crippen molar-refractivity contribution in [3.63, 3.8) is 0 Å². The zero-order valence-corrected chi connectivity index (χ0v) is 15.9. The maximum Gasteiger partial charge on any atom is 0.323 e. The fourth-order valence-electron chi connectivity index (χ4n) is 2.47. The van der Waals surface area contributed by atoms with E-state index in [-0.39, 0.29) is 12.0 Å². The number of unbranched alkanes of at least 4 members (excludes halogenated alkanes) is 3. The van der Waals surface area contributed by atoms with Crippen LogP contribution in [0.25, 0.3) is 0 Å². The highest BCUT2D eigenvalue weighted by Crippen LogP contribution is 2.31. The van der Waals surface area contributed by atoms with Crippen LogP contribution < -0.4 is 0 Å². The highest BCUT2D eigenvalue weighted by atomic mass is 16.6. The van der Waals surface area contributed by atoms with E-state index >= 15 is 0 Å². The average molecular weight is 328 g/mol. The van der Waals surface area contributed by atoms with E-state index < -0.39 is 17.4 Å². The third-order valence-corrected chi connectivity index (χ3v) is 4.96. The van der Waals surface area contributed by atoms with Crippen molar-refractivity contribution in [1.29, 1.82) is 0 Å². The van der Waals surface area contributed by atoms with E-state index in [0.717, 1.165) is 32.1 Å². The van der Waals surface area contributed by atoms with Gasteiger partial charge < -0.3 is 9.47 Å². The van der Waals surface area contributed by atoms with Gasteiger partial charge in [0.15, 0.2) is 5.41 Å². The molecule has 0 N–H and O–H groups in total. The van der Waals surface area contributed by atoms with Gasteiger partial charge in [0.1, 0.15) is 6.10 Å². The Balaban J connectivity index is 4.75. The van der Waals surface area contributed by atoms with Crippen LogP contribution in [0.15, 0.2) is 0 Å². The Bertz CT molecular complexity index is 347. The predicted molar refractivity (Wildman–Crippen MR) is 93.1 cm³/mol. The third-order valence-electron chi connectivity index (χ3n) is 4.96. The fraction of sp³-hybridized carbons (Fsp3) is 0.895. The molecule has 0 aromatic heterocycles. The van der Waals surface area contributed by atoms with E-state index in [1.54, 1.807) is 0 Å². The molecule has 0 saturated carbocycles. The van der Waals surface area contributed by atoms with Crippen molar-refractivity contribution in [2.24, 2.45) is 11.3 Å². The SMILES string of the molecule is CCCCCCOC(=O)C(CC)(CC)C(=O)OC(C)C(C)CC. The van der Waals surface area contributed by atoms with Gasteiger partial charge in [-0.15, -0.1) is 0 Å². The first-order valence-electron chi connectivity index (χ1n) is 9.27. The minimum Gasteiger partial charge on any atom is -0.465 e. The minimum absolute atomic E-state index is 0.192. The predicted octanol–water partition coefficient (Wildman–Crippen LogP) is 4.89. The van der Waals surface area contributed by atoms with Crippen LogP contribution in [-0.4, -0.2) is 24.6 Å². The molecule has 0 amide bonds. The van der Waals surface area contributed by atoms with Crippen molar-refractivity contribution in [2.45, 2.75) is 92.6 Å². The summed E-state index contributed by atoms with van der Waals surface area (Å²) in [6.07, 6.45) is 5.72. The Labute approximate surface area is 142 Å². The van der Waals surface area contributed by atoms with E-state index in [9.17, 15) is 9.59 Å². The molecular formula is C19H36O4. The maximum atomic E-state index is 12.6. The van der Waals surface area contributed by atoms with Crippen LogP contribution in [0.3, 0.4) is 0 Å². The second-order valence-electron chi connectivity index (χ2n) is 6.48. The zero-order chi connectivity index (χ0) is 17.9. The topological polar surface area (TPSA) is 52.6 Å². The van der Waals surface area contributed by atoms with Gasteiger partial charge in [0.05, 0.1) is 6.61 Å². The van der Waals surface area contributed by atoms with Crippen LogP contribution in [0.5, 0.6) is 0 Å². The molecule has 0 rings (SSSR count). The van der Waals surface area contributed by atoms with Gasteiger partial charge in [-0.2, -0.15) is 0 Å². The largest absolute Gasteiger partial charge is 0.465 e. The smallest absolute Gasteiger partial charge is 0.323 e. The van der Waals surface area contributed by atoms with Gasteiger partial charge in [-0.3, -0.25) is 9.59 Å². The van der Waals surface area contributed by atoms with E-state index in [0.29, 0.717) is 19.4 Å². The van der Waals surface area contributed by atoms with Crippen molar-refractivity contribution in [3.05, 3.63) is 0 Å². The number of rotatable bonds is 12. The monoisotopic (exact) mass is 328 g/mol. The molecule has 4 heteroatoms. The first-order chi connectivity index (χ1) is 10.9. The van der Waals surface area contributed by atoms with Crippen LogP contribution in [0.1, 0.15) is 86.5 Å². The van der Waals surface area contributed by atoms with Crippen molar-refractivity contribution in [3.8, 4) is 0 Å². The second-order valence-corrected chi connectivity index (χ2v) is 6.48. The number of hydrogen-bond donors (Lipinski definition) is 0. The molecule has 0 fully saturated rings. The van der Waals surface area contributed by atoms with Crippen molar-refractivity contribution in [2.75, 3.05) is 6.61 Å². The molecule has 0 aromatic rings. The summed E-state index contributed by atoms with van der Waals surface area (Å²) in [5, 5.41) is 0. The van der Waals surface area contributed by atoms with E-state index in [2.05, 4.69) is 13.8 Å². The van der Waals surface area contributed by atoms with Crippen LogP contribution in [-0.2, 0) is 19.1 Å². The molecule has 0 aliphatic heterocycles. The Kier molecular flexibility index (Phi) is 10.9. The van der Waals surface area contributed by atoms with Gasteiger partial charge in [0.2, 0.25) is 0 Å². The van der Waals surface area contributed by atoms with Crippen LogP contribution in [0.2, 0.25) is 0 Å². The van der Waals surface area contributed by atoms with Crippen molar-refractivity contribution < 1.29 is 19.1 Å². The summed E-state index contributed by atoms with van der Waals surface area (Å²) in [6.45, 7) is 12.2. The molecule has 0 saturated heterocycles. The number of ether oxygens (including phenoxy) is 2. The van der Waals surface area contributed by atoms with Crippen LogP contribution >= 0.6 is 0 Å². The van der Waals surface area contributed by atoms with E-state index in [1.807, 2.05) is 27.7 Å². The van der Waals surface area contributed by atoms with Gasteiger partial charge in [0, 0.05) is 0 Å². The Morgan fingerprint density at radius 2 is 1.52 bits per heavy atom. The third kappa shape index (κ3) is 6.52. The lowest BCUT2D eigenvalue weighted by Gasteiger charge is -2.30. The normalized spacial score (nSPS) is 14.2. The van der Waals surface area contributed by atoms with Crippen molar-refractivity contribution >= 4 is 11.9 Å². The summed E-state index contributed by atoms with van der Waals surface area (Å²) in [5.74, 6) is -0.593. The molecule has 0 aromatic carbocycles. The van der Waals surface area contributed by atoms with Gasteiger partial charge in [-0.05, 0) is 32.1 Å². The summed E-state index contributed by atoms with van der Waals surface area (Å²) >= 11 is 0. The van der Waals surface area contributed by atoms with Crippen LogP contribution in [0, 0.1) is 11.3 Å². The highest BCUT2D eigenvalue weighted by molar-refractivity contribution is 6.00. The molecule has 136 valence electrons. The summed E-state index contributed by atoms with van der Waals surface area (Å²) in [7, 11) is 0. The zero-order valence-electron chi connectivity index (χ0n) is 15.9. The Morgan fingerprint density at radius 3 is 2.00 bits per heavy atom. The molecule has 0 heterocycles. The lowest BCUT2D eigenvalue weighted by molar-refractivity contribution is -0.177. The molecule has 0 spiro atoms. The number of carbonyl (C=O) groups is 2. The molecule has 23 heavy (non-hydrogen) atoms. The number of esters is 2. The first kappa shape index (κ1) is 21.9. The highest BCUT2D eigenvalue weighted by Gasteiger charge is 2.46. The molecule has 0 aliphatic rings. The van der Waals surface area contributed by atoms with Gasteiger partial charge in [-0.1, -0.05) is 60.3 Å².